The van der Waals surface area contributed by atoms with E-state index in [1.165, 1.54) is 31.5 Å². The van der Waals surface area contributed by atoms with Gasteiger partial charge in [-0.05, 0) is 238 Å². The number of fused-ring (bicyclic) bond motifs is 7. The van der Waals surface area contributed by atoms with Gasteiger partial charge in [-0.2, -0.15) is 8.42 Å². The first kappa shape index (κ1) is 101. The summed E-state index contributed by atoms with van der Waals surface area (Å²) in [6, 6.07) is 39.4. The number of methoxy groups -OCH3 is 5. The minimum atomic E-state index is -3.58. The summed E-state index contributed by atoms with van der Waals surface area (Å²) in [5, 5.41) is 9.82. The number of rotatable bonds is 24. The lowest BCUT2D eigenvalue weighted by Gasteiger charge is -2.45. The van der Waals surface area contributed by atoms with Gasteiger partial charge in [0.25, 0.3) is 46.6 Å². The molecule has 4 amide bonds. The van der Waals surface area contributed by atoms with E-state index in [1.54, 1.807) is 67.0 Å². The number of nitrogens with one attached hydrogen (secondary N) is 3. The normalized spacial score (nSPS) is 17.3. The van der Waals surface area contributed by atoms with Crippen LogP contribution in [0.1, 0.15) is 167 Å². The summed E-state index contributed by atoms with van der Waals surface area (Å²) in [7, 11) is 4.40. The zero-order valence-electron chi connectivity index (χ0n) is 74.3. The molecule has 3 saturated heterocycles. The summed E-state index contributed by atoms with van der Waals surface area (Å²) >= 11 is 12.4. The lowest BCUT2D eigenvalue weighted by molar-refractivity contribution is 0.00783. The molecule has 1 atom stereocenters. The number of carbonyl (C=O) groups is 4. The van der Waals surface area contributed by atoms with Crippen molar-refractivity contribution in [3.05, 3.63) is 243 Å². The van der Waals surface area contributed by atoms with Gasteiger partial charge in [-0.3, -0.25) is 33.2 Å². The molecular weight excluding hydrogens is 2020 g/mol. The first-order valence-corrected chi connectivity index (χ1v) is 48.1. The summed E-state index contributed by atoms with van der Waals surface area (Å²) in [6.45, 7) is 14.9. The maximum absolute atomic E-state index is 13.6. The molecule has 2 aromatic heterocycles. The van der Waals surface area contributed by atoms with Crippen molar-refractivity contribution in [1.29, 1.82) is 0 Å². The van der Waals surface area contributed by atoms with Crippen molar-refractivity contribution in [2.45, 2.75) is 153 Å². The summed E-state index contributed by atoms with van der Waals surface area (Å²) in [5.74, 6) is 4.30. The maximum atomic E-state index is 13.6. The number of anilines is 3. The topological polar surface area (TPSA) is 288 Å². The van der Waals surface area contributed by atoms with Gasteiger partial charge >= 0.3 is 0 Å². The molecule has 130 heavy (non-hydrogen) atoms. The van der Waals surface area contributed by atoms with Crippen molar-refractivity contribution in [1.82, 2.24) is 55.1 Å². The van der Waals surface area contributed by atoms with Crippen LogP contribution in [-0.2, 0) is 56.1 Å². The molecule has 16 rings (SSSR count). The Morgan fingerprint density at radius 2 is 0.923 bits per heavy atom. The third-order valence-electron chi connectivity index (χ3n) is 24.6. The Morgan fingerprint density at radius 3 is 1.34 bits per heavy atom. The number of nitrogens with two attached hydrogens (primary N) is 1. The van der Waals surface area contributed by atoms with Gasteiger partial charge in [0, 0.05) is 87.2 Å². The van der Waals surface area contributed by atoms with Gasteiger partial charge in [-0.25, -0.2) is 46.3 Å². The van der Waals surface area contributed by atoms with E-state index in [4.69, 9.17) is 33.6 Å². The second kappa shape index (κ2) is 45.0. The molecule has 0 bridgehead atoms. The molecule has 0 saturated carbocycles. The number of nitrogen functional groups attached to an aromatic ring is 1. The standard InChI is InChI=1S/C23H25BrF2N2O2.C23H28BrNO5S.C21H23BrN2O2.C20H23F2N5O2.C5H7N3O.C2H3F2I/c1-15-11-17(24)12-19-21(15)22(29)28(13-16-3-5-18(30-2)6-4-16)23(19)7-9-27(10-8-23)14-20(25)26;1-5-10-23(11-12-30-31(4,27)28)20-14-18(24)13-16(2)21(20)22(26)25(23)15-17-6-8-19(29-3)9-7-17;1-14-11-16(22)12-18-19(14)20(25)24(21(18)7-9-23-10-8-21)13-15-3-5-17(26-2)6-4-15;1-12-7-13(25-18-15(29-2)9-23-11-24-18)8-14-17(12)19(28)26-20(14)3-5-27(6-4-20)10-16(21)22;1-9-4-2-7-3-8-5(4)6;3-2(4)1-5/h3-6,11-12,20H,7-10,13-14H2,1-2H3;6-9,13-14H,5,10-12,15H2,1-4H3;3-6,11-12,23H,7-10,13H2,1-2H3;7-9,11,16H,3-6,10H2,1-2H3,(H,26,28)(H,23,24,25);2-3H,1H3,(H2,6,7,8);2H,1H2. The second-order valence-electron chi connectivity index (χ2n) is 32.7. The SMILES string of the molecule is CCCC1(CCOS(C)(=O)=O)c2cc(Br)cc(C)c2C(=O)N1Cc1ccc(OC)cc1.COc1ccc(CN2C(=O)c3c(C)cc(Br)cc3C23CCN(CC(F)F)CC3)cc1.COc1ccc(CN2C(=O)c3c(C)cc(Br)cc3C23CCNCC3)cc1.COc1cncnc1N.COc1cncnc1Nc1cc(C)c2c(c1)C1(CCN(CC(F)F)CC1)NC2=O.FC(F)CI. The number of alkyl halides is 7. The fourth-order valence-corrected chi connectivity index (χ4v) is 20.6. The Hall–Kier alpha value is -9.28. The maximum Gasteiger partial charge on any atom is 0.264 e. The number of likely N-dealkylation sites (tertiary alicyclic amines) is 2. The number of halogens is 10. The largest absolute Gasteiger partial charge is 0.497 e. The summed E-state index contributed by atoms with van der Waals surface area (Å²) < 4.78 is 130. The number of hydrogen-bond acceptors (Lipinski definition) is 21. The van der Waals surface area contributed by atoms with E-state index in [-0.39, 0.29) is 53.3 Å². The Balaban J connectivity index is 0.000000159. The number of hydrogen-bond donors (Lipinski definition) is 4. The van der Waals surface area contributed by atoms with Gasteiger partial charge in [0.05, 0.1) is 100 Å². The predicted molar refractivity (Wildman–Crippen MR) is 506 cm³/mol. The predicted octanol–water partition coefficient (Wildman–Crippen LogP) is 18.4. The average Bonchev–Trinajstić information content (AvgIpc) is 1.55. The molecule has 9 heterocycles. The van der Waals surface area contributed by atoms with E-state index in [2.05, 4.69) is 102 Å². The molecule has 0 aliphatic carbocycles. The third-order valence-corrected chi connectivity index (χ3v) is 27.2. The highest BCUT2D eigenvalue weighted by Crippen LogP contribution is 2.53. The van der Waals surface area contributed by atoms with Crippen LogP contribution in [0.5, 0.6) is 28.7 Å². The lowest BCUT2D eigenvalue weighted by atomic mass is 9.80. The van der Waals surface area contributed by atoms with Crippen LogP contribution in [0.15, 0.2) is 160 Å². The Labute approximate surface area is 794 Å². The quantitative estimate of drug-likeness (QED) is 0.0189. The molecule has 5 N–H and O–H groups in total. The molecule has 1 unspecified atom stereocenters. The molecule has 3 spiro atoms. The molecule has 7 aliphatic heterocycles. The van der Waals surface area contributed by atoms with E-state index in [9.17, 15) is 53.9 Å². The van der Waals surface area contributed by atoms with E-state index in [0.717, 1.165) is 142 Å². The van der Waals surface area contributed by atoms with Crippen molar-refractivity contribution >= 4 is 121 Å². The van der Waals surface area contributed by atoms with Crippen LogP contribution >= 0.6 is 70.4 Å². The number of nitrogens with zero attached hydrogens (tertiary/aromatic N) is 9. The minimum Gasteiger partial charge on any atom is -0.497 e. The molecule has 3 fully saturated rings. The Morgan fingerprint density at radius 1 is 0.515 bits per heavy atom. The Kier molecular flexibility index (Phi) is 35.0. The first-order valence-electron chi connectivity index (χ1n) is 42.4. The minimum absolute atomic E-state index is 0.0101. The first-order chi connectivity index (χ1) is 62.0. The zero-order chi connectivity index (χ0) is 94.2. The molecule has 36 heteroatoms. The smallest absolute Gasteiger partial charge is 0.264 e. The number of aryl methyl sites for hydroxylation is 4. The van der Waals surface area contributed by atoms with Crippen LogP contribution in [0.25, 0.3) is 0 Å². The van der Waals surface area contributed by atoms with E-state index in [0.29, 0.717) is 119 Å². The van der Waals surface area contributed by atoms with E-state index >= 15 is 0 Å². The molecule has 698 valence electrons. The van der Waals surface area contributed by atoms with Gasteiger partial charge in [0.15, 0.2) is 23.1 Å². The number of ether oxygens (including phenoxy) is 5. The van der Waals surface area contributed by atoms with Crippen molar-refractivity contribution in [3.63, 3.8) is 0 Å². The van der Waals surface area contributed by atoms with Crippen LogP contribution in [-0.4, -0.2) is 201 Å². The van der Waals surface area contributed by atoms with Crippen LogP contribution in [0, 0.1) is 27.7 Å². The molecule has 7 aliphatic rings. The molecule has 0 radical (unpaired) electrons. The van der Waals surface area contributed by atoms with Gasteiger partial charge in [0.1, 0.15) is 29.9 Å². The van der Waals surface area contributed by atoms with Crippen molar-refractivity contribution in [3.8, 4) is 28.7 Å². The number of piperidine rings is 3. The summed E-state index contributed by atoms with van der Waals surface area (Å²) in [6.07, 6.45) is 6.38. The highest BCUT2D eigenvalue weighted by atomic mass is 127. The highest BCUT2D eigenvalue weighted by molar-refractivity contribution is 14.1. The van der Waals surface area contributed by atoms with Gasteiger partial charge in [-0.15, -0.1) is 0 Å². The molecule has 7 aromatic carbocycles. The summed E-state index contributed by atoms with van der Waals surface area (Å²) in [5.41, 5.74) is 18.2. The fraction of sp³-hybridized carbons (Fsp3) is 0.426. The van der Waals surface area contributed by atoms with Crippen molar-refractivity contribution in [2.75, 3.05) is 116 Å². The van der Waals surface area contributed by atoms with Gasteiger partial charge in [-0.1, -0.05) is 120 Å². The molecular formula is C94H109Br3F6IN13O12S. The fourth-order valence-electron chi connectivity index (χ4n) is 18.4. The van der Waals surface area contributed by atoms with Crippen LogP contribution in [0.3, 0.4) is 0 Å². The monoisotopic (exact) mass is 2120 g/mol. The van der Waals surface area contributed by atoms with Crippen LogP contribution < -0.4 is 45.4 Å². The van der Waals surface area contributed by atoms with E-state index in [1.807, 2.05) is 153 Å². The van der Waals surface area contributed by atoms with E-state index < -0.39 is 46.0 Å². The van der Waals surface area contributed by atoms with Crippen LogP contribution in [0.4, 0.5) is 43.7 Å². The lowest BCUT2D eigenvalue weighted by Crippen LogP contribution is -2.51. The van der Waals surface area contributed by atoms with Crippen molar-refractivity contribution < 1.29 is 81.8 Å². The Bertz CT molecular complexity index is 5570. The zero-order valence-corrected chi connectivity index (χ0v) is 82.1. The number of aromatic nitrogens is 4. The highest BCUT2D eigenvalue weighted by Gasteiger charge is 2.54. The number of benzene rings is 7. The number of amides is 4. The van der Waals surface area contributed by atoms with Crippen LogP contribution in [0.2, 0.25) is 0 Å². The second-order valence-corrected chi connectivity index (χ2v) is 38.0. The number of carbonyl (C=O) groups excluding carboxylic acids is 4. The van der Waals surface area contributed by atoms with Crippen molar-refractivity contribution in [2.24, 2.45) is 0 Å². The van der Waals surface area contributed by atoms with Gasteiger partial charge < -0.3 is 60.1 Å². The third kappa shape index (κ3) is 23.7. The van der Waals surface area contributed by atoms with Gasteiger partial charge in [0.2, 0.25) is 6.43 Å². The summed E-state index contributed by atoms with van der Waals surface area (Å²) in [4.78, 5) is 78.3. The average molecular weight is 2130 g/mol. The molecule has 9 aromatic rings. The molecule has 25 nitrogen and oxygen atoms in total.